The van der Waals surface area contributed by atoms with Crippen LogP contribution in [0.25, 0.3) is 22.2 Å². The second-order valence-corrected chi connectivity index (χ2v) is 8.47. The van der Waals surface area contributed by atoms with Gasteiger partial charge in [0.15, 0.2) is 11.3 Å². The predicted octanol–water partition coefficient (Wildman–Crippen LogP) is 3.30. The molecule has 0 atom stereocenters. The van der Waals surface area contributed by atoms with Gasteiger partial charge < -0.3 is 30.3 Å². The number of fused-ring (bicyclic) bond motifs is 1. The number of hydrogen-bond donors (Lipinski definition) is 2. The summed E-state index contributed by atoms with van der Waals surface area (Å²) >= 11 is 0. The average Bonchev–Trinajstić information content (AvgIpc) is 3.44. The van der Waals surface area contributed by atoms with Crippen molar-refractivity contribution in [1.82, 2.24) is 19.7 Å². The van der Waals surface area contributed by atoms with Crippen molar-refractivity contribution in [1.29, 1.82) is 0 Å². The Hall–Kier alpha value is -3.56. The van der Waals surface area contributed by atoms with E-state index < -0.39 is 0 Å². The number of para-hydroxylation sites is 1. The standard InChI is InChI=1S/C25H32N6O3/c1-16(27)19(25-28-21-6-5-7-23(33-4)24(21)34-25)12-17(13-26)20-14-31(29-22(20)15-32-3)18-8-10-30(2)11-9-18/h5-7,12-14,18H,1,8-11,15,26-27H2,2-4H3/b17-13+,19-12+. The van der Waals surface area contributed by atoms with Gasteiger partial charge in [-0.05, 0) is 51.2 Å². The molecule has 1 aliphatic heterocycles. The Labute approximate surface area is 199 Å². The highest BCUT2D eigenvalue weighted by Crippen LogP contribution is 2.33. The van der Waals surface area contributed by atoms with Crippen molar-refractivity contribution in [3.8, 4) is 5.75 Å². The Morgan fingerprint density at radius 2 is 2.06 bits per heavy atom. The molecule has 1 aromatic carbocycles. The van der Waals surface area contributed by atoms with Gasteiger partial charge in [-0.2, -0.15) is 5.10 Å². The van der Waals surface area contributed by atoms with Crippen LogP contribution in [0.15, 0.2) is 53.4 Å². The summed E-state index contributed by atoms with van der Waals surface area (Å²) < 4.78 is 18.9. The normalized spacial score (nSPS) is 16.3. The van der Waals surface area contributed by atoms with E-state index in [4.69, 9.17) is 30.5 Å². The molecule has 180 valence electrons. The maximum atomic E-state index is 6.16. The lowest BCUT2D eigenvalue weighted by Crippen LogP contribution is -2.31. The number of oxazole rings is 1. The first-order valence-electron chi connectivity index (χ1n) is 11.2. The molecule has 0 bridgehead atoms. The fourth-order valence-corrected chi connectivity index (χ4v) is 4.22. The highest BCUT2D eigenvalue weighted by atomic mass is 16.5. The van der Waals surface area contributed by atoms with Crippen LogP contribution in [0.5, 0.6) is 5.75 Å². The number of ether oxygens (including phenoxy) is 2. The Morgan fingerprint density at radius 3 is 2.71 bits per heavy atom. The Kier molecular flexibility index (Phi) is 7.04. The summed E-state index contributed by atoms with van der Waals surface area (Å²) in [6, 6.07) is 5.85. The number of nitrogens with zero attached hydrogens (tertiary/aromatic N) is 4. The molecule has 2 aromatic heterocycles. The van der Waals surface area contributed by atoms with Crippen molar-refractivity contribution in [3.05, 3.63) is 66.1 Å². The smallest absolute Gasteiger partial charge is 0.229 e. The van der Waals surface area contributed by atoms with E-state index in [9.17, 15) is 0 Å². The Bertz CT molecular complexity index is 1230. The van der Waals surface area contributed by atoms with Gasteiger partial charge in [-0.1, -0.05) is 12.6 Å². The number of methoxy groups -OCH3 is 2. The fraction of sp³-hybridized carbons (Fsp3) is 0.360. The first-order valence-corrected chi connectivity index (χ1v) is 11.2. The van der Waals surface area contributed by atoms with Crippen LogP contribution in [-0.4, -0.2) is 54.0 Å². The van der Waals surface area contributed by atoms with Gasteiger partial charge in [0.1, 0.15) is 5.52 Å². The van der Waals surface area contributed by atoms with Crippen molar-refractivity contribution in [2.45, 2.75) is 25.5 Å². The second-order valence-electron chi connectivity index (χ2n) is 8.47. The van der Waals surface area contributed by atoms with E-state index >= 15 is 0 Å². The third-order valence-corrected chi connectivity index (χ3v) is 6.12. The zero-order chi connectivity index (χ0) is 24.2. The number of hydrogen-bond acceptors (Lipinski definition) is 8. The summed E-state index contributed by atoms with van der Waals surface area (Å²) in [5, 5.41) is 4.84. The SMILES string of the molecule is C=C(N)/C(=C\C(=C/N)c1cn(C2CCN(C)CC2)nc1COC)c1nc2cccc(OC)c2o1. The molecule has 0 radical (unpaired) electrons. The van der Waals surface area contributed by atoms with E-state index in [1.165, 1.54) is 6.20 Å². The van der Waals surface area contributed by atoms with Gasteiger partial charge in [0.2, 0.25) is 5.89 Å². The molecular formula is C25H32N6O3. The number of likely N-dealkylation sites (tertiary alicyclic amines) is 1. The lowest BCUT2D eigenvalue weighted by atomic mass is 10.0. The van der Waals surface area contributed by atoms with Crippen LogP contribution in [0.2, 0.25) is 0 Å². The summed E-state index contributed by atoms with van der Waals surface area (Å²) in [7, 11) is 5.38. The van der Waals surface area contributed by atoms with Crippen molar-refractivity contribution < 1.29 is 13.9 Å². The fourth-order valence-electron chi connectivity index (χ4n) is 4.22. The highest BCUT2D eigenvalue weighted by Gasteiger charge is 2.23. The Morgan fingerprint density at radius 1 is 1.29 bits per heavy atom. The minimum absolute atomic E-state index is 0.306. The maximum absolute atomic E-state index is 6.16. The first kappa shape index (κ1) is 23.6. The van der Waals surface area contributed by atoms with Crippen LogP contribution in [0.1, 0.15) is 36.0 Å². The molecule has 0 amide bonds. The average molecular weight is 465 g/mol. The number of benzene rings is 1. The van der Waals surface area contributed by atoms with Crippen LogP contribution in [-0.2, 0) is 11.3 Å². The van der Waals surface area contributed by atoms with Crippen LogP contribution in [0.3, 0.4) is 0 Å². The summed E-state index contributed by atoms with van der Waals surface area (Å²) in [4.78, 5) is 6.93. The largest absolute Gasteiger partial charge is 0.493 e. The minimum atomic E-state index is 0.306. The van der Waals surface area contributed by atoms with Gasteiger partial charge in [0, 0.05) is 36.3 Å². The van der Waals surface area contributed by atoms with Crippen LogP contribution >= 0.6 is 0 Å². The highest BCUT2D eigenvalue weighted by molar-refractivity contribution is 5.90. The summed E-state index contributed by atoms with van der Waals surface area (Å²) in [6.07, 6.45) is 7.47. The quantitative estimate of drug-likeness (QED) is 0.488. The van der Waals surface area contributed by atoms with Crippen molar-refractivity contribution in [2.75, 3.05) is 34.4 Å². The minimum Gasteiger partial charge on any atom is -0.493 e. The Balaban J connectivity index is 1.74. The zero-order valence-electron chi connectivity index (χ0n) is 20.0. The van der Waals surface area contributed by atoms with Gasteiger partial charge in [0.25, 0.3) is 0 Å². The molecule has 0 unspecified atom stereocenters. The molecule has 1 saturated heterocycles. The molecule has 4 rings (SSSR count). The molecule has 9 heteroatoms. The van der Waals surface area contributed by atoms with Gasteiger partial charge in [-0.3, -0.25) is 4.68 Å². The third-order valence-electron chi connectivity index (χ3n) is 6.12. The summed E-state index contributed by atoms with van der Waals surface area (Å²) in [6.45, 7) is 6.37. The van der Waals surface area contributed by atoms with Gasteiger partial charge >= 0.3 is 0 Å². The maximum Gasteiger partial charge on any atom is 0.229 e. The monoisotopic (exact) mass is 464 g/mol. The number of aromatic nitrogens is 3. The number of allylic oxidation sites excluding steroid dienone is 3. The molecule has 9 nitrogen and oxygen atoms in total. The van der Waals surface area contributed by atoms with E-state index in [1.807, 2.05) is 35.2 Å². The molecule has 3 aromatic rings. The van der Waals surface area contributed by atoms with Gasteiger partial charge in [-0.15, -0.1) is 0 Å². The molecule has 34 heavy (non-hydrogen) atoms. The summed E-state index contributed by atoms with van der Waals surface area (Å²) in [5.41, 5.74) is 16.7. The van der Waals surface area contributed by atoms with E-state index in [2.05, 4.69) is 23.5 Å². The number of rotatable bonds is 8. The second kappa shape index (κ2) is 10.1. The molecule has 0 aliphatic carbocycles. The van der Waals surface area contributed by atoms with E-state index in [1.54, 1.807) is 14.2 Å². The number of piperidine rings is 1. The lowest BCUT2D eigenvalue weighted by molar-refractivity contribution is 0.177. The van der Waals surface area contributed by atoms with Crippen LogP contribution < -0.4 is 16.2 Å². The molecular weight excluding hydrogens is 432 g/mol. The molecule has 0 saturated carbocycles. The lowest BCUT2D eigenvalue weighted by Gasteiger charge is -2.29. The molecule has 3 heterocycles. The topological polar surface area (TPSA) is 118 Å². The third kappa shape index (κ3) is 4.71. The van der Waals surface area contributed by atoms with Gasteiger partial charge in [0.05, 0.1) is 31.0 Å². The van der Waals surface area contributed by atoms with Crippen molar-refractivity contribution in [2.24, 2.45) is 11.5 Å². The first-order chi connectivity index (χ1) is 16.4. The molecule has 4 N–H and O–H groups in total. The molecule has 1 aliphatic rings. The van der Waals surface area contributed by atoms with E-state index in [0.29, 0.717) is 46.7 Å². The van der Waals surface area contributed by atoms with Crippen molar-refractivity contribution >= 4 is 22.2 Å². The van der Waals surface area contributed by atoms with Gasteiger partial charge in [-0.25, -0.2) is 4.98 Å². The van der Waals surface area contributed by atoms with E-state index in [-0.39, 0.29) is 0 Å². The number of nitrogens with two attached hydrogens (primary N) is 2. The predicted molar refractivity (Wildman–Crippen MR) is 133 cm³/mol. The van der Waals surface area contributed by atoms with Crippen molar-refractivity contribution in [3.63, 3.8) is 0 Å². The molecule has 0 spiro atoms. The van der Waals surface area contributed by atoms with Crippen LogP contribution in [0, 0.1) is 0 Å². The summed E-state index contributed by atoms with van der Waals surface area (Å²) in [5.74, 6) is 0.928. The molecule has 1 fully saturated rings. The zero-order valence-corrected chi connectivity index (χ0v) is 20.0. The van der Waals surface area contributed by atoms with E-state index in [0.717, 1.165) is 42.8 Å². The van der Waals surface area contributed by atoms with Crippen LogP contribution in [0.4, 0.5) is 0 Å².